The molecule has 0 atom stereocenters. The van der Waals surface area contributed by atoms with Crippen LogP contribution in [0, 0.1) is 20.8 Å². The maximum Gasteiger partial charge on any atom is 0.262 e. The summed E-state index contributed by atoms with van der Waals surface area (Å²) in [5, 5.41) is 0. The van der Waals surface area contributed by atoms with Crippen LogP contribution in [0.4, 0.5) is 11.4 Å². The van der Waals surface area contributed by atoms with Crippen LogP contribution in [0.15, 0.2) is 39.7 Å². The van der Waals surface area contributed by atoms with Gasteiger partial charge in [-0.2, -0.15) is 0 Å². The molecule has 6 heteroatoms. The summed E-state index contributed by atoms with van der Waals surface area (Å²) in [6.07, 6.45) is 0. The number of hydrogen-bond acceptors (Lipinski definition) is 3. The molecule has 0 amide bonds. The van der Waals surface area contributed by atoms with Gasteiger partial charge in [0.05, 0.1) is 4.90 Å². The molecule has 0 aromatic heterocycles. The highest BCUT2D eigenvalue weighted by molar-refractivity contribution is 9.10. The largest absolute Gasteiger partial charge is 0.399 e. The minimum absolute atomic E-state index is 0.209. The number of halogens is 1. The summed E-state index contributed by atoms with van der Waals surface area (Å²) >= 11 is 3.39. The van der Waals surface area contributed by atoms with Gasteiger partial charge in [-0.05, 0) is 67.8 Å². The second-order valence-corrected chi connectivity index (χ2v) is 7.54. The third kappa shape index (κ3) is 3.39. The first-order chi connectivity index (χ1) is 9.70. The number of rotatable bonds is 3. The molecule has 0 aliphatic heterocycles. The summed E-state index contributed by atoms with van der Waals surface area (Å²) in [5.74, 6) is 0. The molecule has 0 saturated carbocycles. The predicted molar refractivity (Wildman–Crippen MR) is 90.0 cm³/mol. The van der Waals surface area contributed by atoms with Crippen molar-refractivity contribution in [2.45, 2.75) is 25.7 Å². The van der Waals surface area contributed by atoms with Gasteiger partial charge in [-0.3, -0.25) is 4.72 Å². The Morgan fingerprint density at radius 2 is 1.71 bits per heavy atom. The summed E-state index contributed by atoms with van der Waals surface area (Å²) < 4.78 is 28.6. The summed E-state index contributed by atoms with van der Waals surface area (Å²) in [7, 11) is -3.66. The van der Waals surface area contributed by atoms with Crippen LogP contribution in [0.5, 0.6) is 0 Å². The molecule has 112 valence electrons. The Morgan fingerprint density at radius 1 is 1.05 bits per heavy atom. The van der Waals surface area contributed by atoms with Crippen LogP contribution in [0.2, 0.25) is 0 Å². The van der Waals surface area contributed by atoms with Crippen molar-refractivity contribution in [2.75, 3.05) is 10.5 Å². The van der Waals surface area contributed by atoms with Crippen molar-refractivity contribution in [3.8, 4) is 0 Å². The van der Waals surface area contributed by atoms with E-state index in [-0.39, 0.29) is 4.90 Å². The van der Waals surface area contributed by atoms with Crippen LogP contribution in [-0.4, -0.2) is 8.42 Å². The first-order valence-electron chi connectivity index (χ1n) is 6.36. The number of sulfonamides is 1. The van der Waals surface area contributed by atoms with Crippen LogP contribution in [-0.2, 0) is 10.0 Å². The maximum absolute atomic E-state index is 12.5. The van der Waals surface area contributed by atoms with E-state index in [0.29, 0.717) is 16.9 Å². The van der Waals surface area contributed by atoms with E-state index in [9.17, 15) is 8.42 Å². The minimum atomic E-state index is -3.66. The fourth-order valence-electron chi connectivity index (χ4n) is 2.05. The van der Waals surface area contributed by atoms with E-state index in [4.69, 9.17) is 5.73 Å². The number of benzene rings is 2. The SMILES string of the molecule is Cc1cc(NS(=O)(=O)c2cc(N)cc(C)c2C)ccc1Br. The average Bonchev–Trinajstić information content (AvgIpc) is 2.37. The molecule has 0 spiro atoms. The quantitative estimate of drug-likeness (QED) is 0.810. The molecule has 0 heterocycles. The molecule has 0 aliphatic carbocycles. The number of nitrogens with two attached hydrogens (primary N) is 1. The third-order valence-corrected chi connectivity index (χ3v) is 5.74. The molecule has 0 bridgehead atoms. The van der Waals surface area contributed by atoms with Gasteiger partial charge in [0.25, 0.3) is 10.0 Å². The van der Waals surface area contributed by atoms with E-state index >= 15 is 0 Å². The van der Waals surface area contributed by atoms with Crippen molar-refractivity contribution in [1.29, 1.82) is 0 Å². The number of nitrogens with one attached hydrogen (secondary N) is 1. The summed E-state index contributed by atoms with van der Waals surface area (Å²) in [5.41, 5.74) is 9.23. The minimum Gasteiger partial charge on any atom is -0.399 e. The lowest BCUT2D eigenvalue weighted by Gasteiger charge is -2.13. The Balaban J connectivity index is 2.45. The van der Waals surface area contributed by atoms with Crippen LogP contribution in [0.25, 0.3) is 0 Å². The molecular weight excluding hydrogens is 352 g/mol. The topological polar surface area (TPSA) is 72.2 Å². The lowest BCUT2D eigenvalue weighted by Crippen LogP contribution is -2.15. The molecule has 2 aromatic rings. The van der Waals surface area contributed by atoms with E-state index in [0.717, 1.165) is 15.6 Å². The molecule has 0 saturated heterocycles. The molecular formula is C15H17BrN2O2S. The van der Waals surface area contributed by atoms with Gasteiger partial charge in [-0.1, -0.05) is 15.9 Å². The molecule has 0 aliphatic rings. The molecule has 4 nitrogen and oxygen atoms in total. The highest BCUT2D eigenvalue weighted by atomic mass is 79.9. The van der Waals surface area contributed by atoms with Gasteiger partial charge in [0.2, 0.25) is 0 Å². The van der Waals surface area contributed by atoms with Crippen molar-refractivity contribution < 1.29 is 8.42 Å². The van der Waals surface area contributed by atoms with Gasteiger partial charge in [-0.15, -0.1) is 0 Å². The Morgan fingerprint density at radius 3 is 2.33 bits per heavy atom. The van der Waals surface area contributed by atoms with Crippen molar-refractivity contribution in [3.05, 3.63) is 51.5 Å². The number of aryl methyl sites for hydroxylation is 2. The van der Waals surface area contributed by atoms with Crippen LogP contribution in [0.1, 0.15) is 16.7 Å². The van der Waals surface area contributed by atoms with E-state index < -0.39 is 10.0 Å². The first-order valence-corrected chi connectivity index (χ1v) is 8.64. The second kappa shape index (κ2) is 5.69. The molecule has 2 rings (SSSR count). The molecule has 0 unspecified atom stereocenters. The van der Waals surface area contributed by atoms with Crippen molar-refractivity contribution in [3.63, 3.8) is 0 Å². The monoisotopic (exact) mass is 368 g/mol. The van der Waals surface area contributed by atoms with Crippen molar-refractivity contribution in [1.82, 2.24) is 0 Å². The van der Waals surface area contributed by atoms with Crippen molar-refractivity contribution in [2.24, 2.45) is 0 Å². The van der Waals surface area contributed by atoms with E-state index in [1.165, 1.54) is 6.07 Å². The van der Waals surface area contributed by atoms with Gasteiger partial charge in [0.1, 0.15) is 0 Å². The lowest BCUT2D eigenvalue weighted by atomic mass is 10.1. The molecule has 21 heavy (non-hydrogen) atoms. The average molecular weight is 369 g/mol. The maximum atomic E-state index is 12.5. The standard InChI is InChI=1S/C15H17BrN2O2S/c1-9-6-12(17)8-15(11(9)3)21(19,20)18-13-4-5-14(16)10(2)7-13/h4-8,18H,17H2,1-3H3. The fourth-order valence-corrected chi connectivity index (χ4v) is 3.70. The van der Waals surface area contributed by atoms with Gasteiger partial charge in [0.15, 0.2) is 0 Å². The fraction of sp³-hybridized carbons (Fsp3) is 0.200. The Labute approximate surface area is 133 Å². The van der Waals surface area contributed by atoms with E-state index in [2.05, 4.69) is 20.7 Å². The van der Waals surface area contributed by atoms with Crippen LogP contribution >= 0.6 is 15.9 Å². The highest BCUT2D eigenvalue weighted by Crippen LogP contribution is 2.26. The Hall–Kier alpha value is -1.53. The van der Waals surface area contributed by atoms with E-state index in [1.54, 1.807) is 25.1 Å². The van der Waals surface area contributed by atoms with Gasteiger partial charge >= 0.3 is 0 Å². The van der Waals surface area contributed by atoms with Crippen LogP contribution < -0.4 is 10.5 Å². The molecule has 3 N–H and O–H groups in total. The van der Waals surface area contributed by atoms with Gasteiger partial charge in [0, 0.05) is 15.8 Å². The first kappa shape index (κ1) is 15.9. The summed E-state index contributed by atoms with van der Waals surface area (Å²) in [6, 6.07) is 8.54. The molecule has 2 aromatic carbocycles. The predicted octanol–water partition coefficient (Wildman–Crippen LogP) is 3.76. The number of nitrogen functional groups attached to an aromatic ring is 1. The third-order valence-electron chi connectivity index (χ3n) is 3.34. The Bertz CT molecular complexity index is 802. The van der Waals surface area contributed by atoms with Gasteiger partial charge < -0.3 is 5.73 Å². The van der Waals surface area contributed by atoms with E-state index in [1.807, 2.05) is 19.9 Å². The normalized spacial score (nSPS) is 11.4. The smallest absolute Gasteiger partial charge is 0.262 e. The summed E-state index contributed by atoms with van der Waals surface area (Å²) in [4.78, 5) is 0.209. The Kier molecular flexibility index (Phi) is 4.30. The lowest BCUT2D eigenvalue weighted by molar-refractivity contribution is 0.600. The number of hydrogen-bond donors (Lipinski definition) is 2. The zero-order valence-electron chi connectivity index (χ0n) is 12.1. The highest BCUT2D eigenvalue weighted by Gasteiger charge is 2.19. The second-order valence-electron chi connectivity index (χ2n) is 5.03. The molecule has 0 radical (unpaired) electrons. The summed E-state index contributed by atoms with van der Waals surface area (Å²) in [6.45, 7) is 5.52. The zero-order chi connectivity index (χ0) is 15.8. The van der Waals surface area contributed by atoms with Crippen molar-refractivity contribution >= 4 is 37.3 Å². The van der Waals surface area contributed by atoms with Gasteiger partial charge in [-0.25, -0.2) is 8.42 Å². The zero-order valence-corrected chi connectivity index (χ0v) is 14.5. The number of anilines is 2. The van der Waals surface area contributed by atoms with Crippen LogP contribution in [0.3, 0.4) is 0 Å². The molecule has 0 fully saturated rings.